The van der Waals surface area contributed by atoms with E-state index in [4.69, 9.17) is 9.72 Å². The third kappa shape index (κ3) is 3.97. The first kappa shape index (κ1) is 21.5. The molecule has 0 atom stereocenters. The minimum atomic E-state index is -0.256. The van der Waals surface area contributed by atoms with Crippen LogP contribution in [-0.2, 0) is 6.42 Å². The summed E-state index contributed by atoms with van der Waals surface area (Å²) in [5.74, 6) is 1.13. The molecule has 1 saturated heterocycles. The van der Waals surface area contributed by atoms with Crippen LogP contribution in [0.1, 0.15) is 46.9 Å². The molecule has 2 aromatic heterocycles. The van der Waals surface area contributed by atoms with Gasteiger partial charge in [-0.2, -0.15) is 0 Å². The molecule has 7 nitrogen and oxygen atoms in total. The first-order valence-corrected chi connectivity index (χ1v) is 11.4. The zero-order chi connectivity index (χ0) is 22.1. The molecule has 1 amide bonds. The smallest absolute Gasteiger partial charge is 0.266 e. The molecule has 0 radical (unpaired) electrons. The summed E-state index contributed by atoms with van der Waals surface area (Å²) in [5.41, 5.74) is 1.26. The molecule has 0 unspecified atom stereocenters. The predicted molar refractivity (Wildman–Crippen MR) is 125 cm³/mol. The number of benzene rings is 1. The van der Waals surface area contributed by atoms with Gasteiger partial charge in [0.2, 0.25) is 0 Å². The number of fused-ring (bicyclic) bond motifs is 1. The Hall–Kier alpha value is -2.71. The van der Waals surface area contributed by atoms with E-state index in [9.17, 15) is 9.59 Å². The highest BCUT2D eigenvalue weighted by molar-refractivity contribution is 7.20. The fourth-order valence-electron chi connectivity index (χ4n) is 4.26. The summed E-state index contributed by atoms with van der Waals surface area (Å²) in [5, 5.41) is 3.48. The number of carbonyl (C=O) groups is 1. The third-order valence-corrected chi connectivity index (χ3v) is 7.18. The van der Waals surface area contributed by atoms with E-state index in [1.54, 1.807) is 19.2 Å². The van der Waals surface area contributed by atoms with Crippen molar-refractivity contribution in [2.24, 2.45) is 0 Å². The SMILES string of the molecule is CCc1nc2sc(C(=O)Nc3ccccc3OC)c(C)c2c(=O)n1C1CCN(C)CC1. The molecule has 164 valence electrons. The Balaban J connectivity index is 1.75. The van der Waals surface area contributed by atoms with Crippen molar-refractivity contribution < 1.29 is 9.53 Å². The molecule has 8 heteroatoms. The van der Waals surface area contributed by atoms with Crippen molar-refractivity contribution in [3.63, 3.8) is 0 Å². The number of para-hydroxylation sites is 2. The van der Waals surface area contributed by atoms with Gasteiger partial charge >= 0.3 is 0 Å². The number of anilines is 1. The van der Waals surface area contributed by atoms with Gasteiger partial charge in [-0.3, -0.25) is 14.2 Å². The number of carbonyl (C=O) groups excluding carboxylic acids is 1. The monoisotopic (exact) mass is 440 g/mol. The largest absolute Gasteiger partial charge is 0.495 e. The summed E-state index contributed by atoms with van der Waals surface area (Å²) in [4.78, 5) is 34.9. The van der Waals surface area contributed by atoms with E-state index in [1.807, 2.05) is 30.5 Å². The number of amides is 1. The van der Waals surface area contributed by atoms with Crippen molar-refractivity contribution in [2.45, 2.75) is 39.2 Å². The number of nitrogens with one attached hydrogen (secondary N) is 1. The van der Waals surface area contributed by atoms with E-state index in [2.05, 4.69) is 17.3 Å². The molecule has 0 aliphatic carbocycles. The number of aryl methyl sites for hydroxylation is 2. The summed E-state index contributed by atoms with van der Waals surface area (Å²) in [6.07, 6.45) is 2.54. The van der Waals surface area contributed by atoms with Crippen LogP contribution in [0.3, 0.4) is 0 Å². The molecule has 1 N–H and O–H groups in total. The number of hydrogen-bond donors (Lipinski definition) is 1. The Labute approximate surface area is 185 Å². The van der Waals surface area contributed by atoms with Gasteiger partial charge in [-0.1, -0.05) is 19.1 Å². The lowest BCUT2D eigenvalue weighted by atomic mass is 10.0. The molecule has 4 rings (SSSR count). The maximum Gasteiger partial charge on any atom is 0.266 e. The molecule has 0 bridgehead atoms. The van der Waals surface area contributed by atoms with Gasteiger partial charge in [0.15, 0.2) is 0 Å². The normalized spacial score (nSPS) is 15.4. The quantitative estimate of drug-likeness (QED) is 0.652. The first-order valence-electron chi connectivity index (χ1n) is 10.6. The van der Waals surface area contributed by atoms with Crippen molar-refractivity contribution >= 4 is 33.1 Å². The highest BCUT2D eigenvalue weighted by Crippen LogP contribution is 2.31. The zero-order valence-electron chi connectivity index (χ0n) is 18.4. The number of methoxy groups -OCH3 is 1. The molecule has 3 aromatic rings. The maximum absolute atomic E-state index is 13.6. The molecular formula is C23H28N4O3S. The van der Waals surface area contributed by atoms with Crippen LogP contribution in [-0.4, -0.2) is 47.6 Å². The number of rotatable bonds is 5. The lowest BCUT2D eigenvalue weighted by Gasteiger charge is -2.31. The molecule has 31 heavy (non-hydrogen) atoms. The van der Waals surface area contributed by atoms with Crippen molar-refractivity contribution in [3.8, 4) is 5.75 Å². The molecule has 1 fully saturated rings. The lowest BCUT2D eigenvalue weighted by Crippen LogP contribution is -2.37. The Morgan fingerprint density at radius 1 is 1.29 bits per heavy atom. The van der Waals surface area contributed by atoms with E-state index in [0.29, 0.717) is 38.5 Å². The highest BCUT2D eigenvalue weighted by atomic mass is 32.1. The van der Waals surface area contributed by atoms with Gasteiger partial charge in [0.05, 0.1) is 23.1 Å². The van der Waals surface area contributed by atoms with E-state index in [-0.39, 0.29) is 17.5 Å². The summed E-state index contributed by atoms with van der Waals surface area (Å²) in [7, 11) is 3.67. The molecule has 0 saturated carbocycles. The second-order valence-corrected chi connectivity index (χ2v) is 8.98. The van der Waals surface area contributed by atoms with E-state index in [1.165, 1.54) is 11.3 Å². The van der Waals surface area contributed by atoms with Gasteiger partial charge < -0.3 is 15.0 Å². The standard InChI is InChI=1S/C23H28N4O3S/c1-5-18-25-22-19(23(29)27(18)15-10-12-26(3)13-11-15)14(2)20(31-22)21(28)24-16-8-6-7-9-17(16)30-4/h6-9,15H,5,10-13H2,1-4H3,(H,24,28). The fraction of sp³-hybridized carbons (Fsp3) is 0.435. The number of nitrogens with zero attached hydrogens (tertiary/aromatic N) is 3. The molecular weight excluding hydrogens is 412 g/mol. The van der Waals surface area contributed by atoms with Crippen molar-refractivity contribution in [1.82, 2.24) is 14.5 Å². The minimum absolute atomic E-state index is 0.0264. The number of piperidine rings is 1. The summed E-state index contributed by atoms with van der Waals surface area (Å²) >= 11 is 1.28. The van der Waals surface area contributed by atoms with E-state index < -0.39 is 0 Å². The second-order valence-electron chi connectivity index (χ2n) is 7.98. The molecule has 1 aliphatic rings. The Morgan fingerprint density at radius 3 is 2.68 bits per heavy atom. The summed E-state index contributed by atoms with van der Waals surface area (Å²) in [6.45, 7) is 5.79. The van der Waals surface area contributed by atoms with Crippen LogP contribution < -0.4 is 15.6 Å². The van der Waals surface area contributed by atoms with Gasteiger partial charge in [-0.15, -0.1) is 11.3 Å². The van der Waals surface area contributed by atoms with Gasteiger partial charge in [-0.25, -0.2) is 4.98 Å². The second kappa shape index (κ2) is 8.80. The van der Waals surface area contributed by atoms with Crippen molar-refractivity contribution in [1.29, 1.82) is 0 Å². The Kier molecular flexibility index (Phi) is 6.11. The van der Waals surface area contributed by atoms with Crippen LogP contribution >= 0.6 is 11.3 Å². The summed E-state index contributed by atoms with van der Waals surface area (Å²) in [6, 6.07) is 7.43. The maximum atomic E-state index is 13.6. The van der Waals surface area contributed by atoms with Crippen LogP contribution in [0.5, 0.6) is 5.75 Å². The highest BCUT2D eigenvalue weighted by Gasteiger charge is 2.26. The molecule has 1 aliphatic heterocycles. The zero-order valence-corrected chi connectivity index (χ0v) is 19.2. The lowest BCUT2D eigenvalue weighted by molar-refractivity contribution is 0.102. The molecule has 3 heterocycles. The minimum Gasteiger partial charge on any atom is -0.495 e. The van der Waals surface area contributed by atoms with E-state index in [0.717, 1.165) is 31.8 Å². The van der Waals surface area contributed by atoms with Crippen molar-refractivity contribution in [2.75, 3.05) is 32.6 Å². The van der Waals surface area contributed by atoms with Gasteiger partial charge in [0.25, 0.3) is 11.5 Å². The van der Waals surface area contributed by atoms with E-state index >= 15 is 0 Å². The van der Waals surface area contributed by atoms with Gasteiger partial charge in [0.1, 0.15) is 16.4 Å². The molecule has 1 aromatic carbocycles. The fourth-order valence-corrected chi connectivity index (χ4v) is 5.35. The van der Waals surface area contributed by atoms with Crippen LogP contribution in [0.25, 0.3) is 10.2 Å². The van der Waals surface area contributed by atoms with Crippen molar-refractivity contribution in [3.05, 3.63) is 50.9 Å². The van der Waals surface area contributed by atoms with Crippen LogP contribution in [0.4, 0.5) is 5.69 Å². The number of ether oxygens (including phenoxy) is 1. The predicted octanol–water partition coefficient (Wildman–Crippen LogP) is 3.86. The average molecular weight is 441 g/mol. The number of hydrogen-bond acceptors (Lipinski definition) is 6. The van der Waals surface area contributed by atoms with Crippen LogP contribution in [0.2, 0.25) is 0 Å². The Bertz CT molecular complexity index is 1180. The first-order chi connectivity index (χ1) is 14.9. The van der Waals surface area contributed by atoms with Gasteiger partial charge in [0, 0.05) is 12.5 Å². The van der Waals surface area contributed by atoms with Crippen LogP contribution in [0, 0.1) is 6.92 Å². The Morgan fingerprint density at radius 2 is 2.00 bits per heavy atom. The van der Waals surface area contributed by atoms with Gasteiger partial charge in [-0.05, 0) is 57.6 Å². The third-order valence-electron chi connectivity index (χ3n) is 6.00. The number of likely N-dealkylation sites (tertiary alicyclic amines) is 1. The topological polar surface area (TPSA) is 76.5 Å². The summed E-state index contributed by atoms with van der Waals surface area (Å²) < 4.78 is 7.22. The molecule has 0 spiro atoms. The average Bonchev–Trinajstić information content (AvgIpc) is 3.11. The number of thiophene rings is 1. The number of aromatic nitrogens is 2. The van der Waals surface area contributed by atoms with Crippen LogP contribution in [0.15, 0.2) is 29.1 Å².